The molecule has 0 radical (unpaired) electrons. The zero-order chi connectivity index (χ0) is 15.2. The fourth-order valence-electron chi connectivity index (χ4n) is 1.51. The topological polar surface area (TPSA) is 127 Å². The van der Waals surface area contributed by atoms with Gasteiger partial charge in [-0.2, -0.15) is 0 Å². The molecule has 21 heavy (non-hydrogen) atoms. The van der Waals surface area contributed by atoms with Crippen LogP contribution in [0.15, 0.2) is 42.7 Å². The van der Waals surface area contributed by atoms with Crippen molar-refractivity contribution in [1.29, 1.82) is 0 Å². The van der Waals surface area contributed by atoms with Gasteiger partial charge >= 0.3 is 11.8 Å². The molecular weight excluding hydrogens is 274 g/mol. The molecule has 0 aliphatic carbocycles. The van der Waals surface area contributed by atoms with E-state index in [0.717, 1.165) is 0 Å². The zero-order valence-corrected chi connectivity index (χ0v) is 10.7. The highest BCUT2D eigenvalue weighted by atomic mass is 16.2. The van der Waals surface area contributed by atoms with Crippen LogP contribution >= 0.6 is 0 Å². The molecular formula is C13H11N5O3. The van der Waals surface area contributed by atoms with Gasteiger partial charge in [0.05, 0.1) is 11.3 Å². The van der Waals surface area contributed by atoms with Gasteiger partial charge in [-0.05, 0) is 18.2 Å². The first-order valence-corrected chi connectivity index (χ1v) is 5.86. The number of carbonyl (C=O) groups is 3. The van der Waals surface area contributed by atoms with Gasteiger partial charge in [0, 0.05) is 12.4 Å². The van der Waals surface area contributed by atoms with Crippen LogP contribution in [0.1, 0.15) is 10.4 Å². The summed E-state index contributed by atoms with van der Waals surface area (Å²) in [6.45, 7) is 0. The van der Waals surface area contributed by atoms with Crippen molar-refractivity contribution in [2.45, 2.75) is 0 Å². The molecule has 106 valence electrons. The molecule has 8 heteroatoms. The Bertz CT molecular complexity index is 687. The standard InChI is InChI=1S/C13H11N5O3/c14-10(19)8-4-1-2-5-9(8)17-11(20)12(21)18-13-15-6-3-7-16-13/h1-7H,(H2,14,19)(H,17,20)(H,15,16,18,21). The van der Waals surface area contributed by atoms with Gasteiger partial charge in [0.2, 0.25) is 5.95 Å². The van der Waals surface area contributed by atoms with E-state index in [1.54, 1.807) is 18.2 Å². The second kappa shape index (κ2) is 6.24. The number of hydrogen-bond acceptors (Lipinski definition) is 5. The Labute approximate surface area is 119 Å². The van der Waals surface area contributed by atoms with Gasteiger partial charge in [0.1, 0.15) is 0 Å². The van der Waals surface area contributed by atoms with Crippen LogP contribution < -0.4 is 16.4 Å². The number of carbonyl (C=O) groups excluding carboxylic acids is 3. The fraction of sp³-hybridized carbons (Fsp3) is 0. The molecule has 0 spiro atoms. The molecule has 2 rings (SSSR count). The summed E-state index contributed by atoms with van der Waals surface area (Å²) >= 11 is 0. The average molecular weight is 285 g/mol. The summed E-state index contributed by atoms with van der Waals surface area (Å²) in [4.78, 5) is 42.2. The van der Waals surface area contributed by atoms with Gasteiger partial charge in [-0.15, -0.1) is 0 Å². The maximum atomic E-state index is 11.8. The molecule has 0 unspecified atom stereocenters. The van der Waals surface area contributed by atoms with E-state index in [0.29, 0.717) is 0 Å². The minimum Gasteiger partial charge on any atom is -0.366 e. The maximum Gasteiger partial charge on any atom is 0.316 e. The van der Waals surface area contributed by atoms with E-state index >= 15 is 0 Å². The average Bonchev–Trinajstić information content (AvgIpc) is 2.48. The molecule has 3 amide bonds. The third kappa shape index (κ3) is 3.60. The van der Waals surface area contributed by atoms with Gasteiger partial charge in [-0.3, -0.25) is 19.7 Å². The molecule has 4 N–H and O–H groups in total. The highest BCUT2D eigenvalue weighted by Crippen LogP contribution is 2.14. The lowest BCUT2D eigenvalue weighted by Gasteiger charge is -2.08. The lowest BCUT2D eigenvalue weighted by atomic mass is 10.1. The number of para-hydroxylation sites is 1. The predicted molar refractivity (Wildman–Crippen MR) is 74.3 cm³/mol. The number of rotatable bonds is 3. The summed E-state index contributed by atoms with van der Waals surface area (Å²) in [6, 6.07) is 7.66. The number of amides is 3. The van der Waals surface area contributed by atoms with E-state index in [1.165, 1.54) is 24.5 Å². The SMILES string of the molecule is NC(=O)c1ccccc1NC(=O)C(=O)Nc1ncccn1. The number of nitrogens with two attached hydrogens (primary N) is 1. The van der Waals surface area contributed by atoms with Crippen molar-refractivity contribution in [3.8, 4) is 0 Å². The molecule has 0 aliphatic rings. The third-order valence-corrected chi connectivity index (χ3v) is 2.44. The summed E-state index contributed by atoms with van der Waals surface area (Å²) in [5.41, 5.74) is 5.44. The summed E-state index contributed by atoms with van der Waals surface area (Å²) in [7, 11) is 0. The fourth-order valence-corrected chi connectivity index (χ4v) is 1.51. The van der Waals surface area contributed by atoms with Crippen LogP contribution in [-0.2, 0) is 9.59 Å². The molecule has 1 heterocycles. The maximum absolute atomic E-state index is 11.8. The van der Waals surface area contributed by atoms with E-state index in [2.05, 4.69) is 20.6 Å². The van der Waals surface area contributed by atoms with Crippen molar-refractivity contribution in [1.82, 2.24) is 9.97 Å². The number of hydrogen-bond donors (Lipinski definition) is 3. The number of nitrogens with one attached hydrogen (secondary N) is 2. The Balaban J connectivity index is 2.08. The van der Waals surface area contributed by atoms with Crippen molar-refractivity contribution in [3.05, 3.63) is 48.3 Å². The van der Waals surface area contributed by atoms with Gasteiger partial charge in [0.15, 0.2) is 0 Å². The summed E-state index contributed by atoms with van der Waals surface area (Å²) in [6.07, 6.45) is 2.84. The predicted octanol–water partition coefficient (Wildman–Crippen LogP) is 0.153. The molecule has 0 fully saturated rings. The number of nitrogens with zero attached hydrogens (tertiary/aromatic N) is 2. The van der Waals surface area contributed by atoms with Crippen LogP contribution in [0.4, 0.5) is 11.6 Å². The van der Waals surface area contributed by atoms with Gasteiger partial charge in [0.25, 0.3) is 5.91 Å². The van der Waals surface area contributed by atoms with E-state index in [1.807, 2.05) is 0 Å². The van der Waals surface area contributed by atoms with Gasteiger partial charge in [-0.25, -0.2) is 9.97 Å². The first-order valence-electron chi connectivity index (χ1n) is 5.86. The Kier molecular flexibility index (Phi) is 4.20. The zero-order valence-electron chi connectivity index (χ0n) is 10.7. The number of anilines is 2. The first kappa shape index (κ1) is 14.1. The van der Waals surface area contributed by atoms with E-state index < -0.39 is 17.7 Å². The highest BCUT2D eigenvalue weighted by Gasteiger charge is 2.17. The van der Waals surface area contributed by atoms with Crippen molar-refractivity contribution in [2.24, 2.45) is 5.73 Å². The lowest BCUT2D eigenvalue weighted by Crippen LogP contribution is -2.30. The molecule has 1 aromatic heterocycles. The van der Waals surface area contributed by atoms with E-state index in [-0.39, 0.29) is 17.2 Å². The Morgan fingerprint density at radius 2 is 1.52 bits per heavy atom. The summed E-state index contributed by atoms with van der Waals surface area (Å²) < 4.78 is 0. The quantitative estimate of drug-likeness (QED) is 0.692. The number of benzene rings is 1. The number of primary amides is 1. The van der Waals surface area contributed by atoms with Crippen LogP contribution in [0, 0.1) is 0 Å². The molecule has 0 atom stereocenters. The monoisotopic (exact) mass is 285 g/mol. The summed E-state index contributed by atoms with van der Waals surface area (Å²) in [5, 5.41) is 4.53. The smallest absolute Gasteiger partial charge is 0.316 e. The molecule has 0 saturated carbocycles. The van der Waals surface area contributed by atoms with Crippen LogP contribution in [-0.4, -0.2) is 27.7 Å². The molecule has 0 bridgehead atoms. The highest BCUT2D eigenvalue weighted by molar-refractivity contribution is 6.43. The third-order valence-electron chi connectivity index (χ3n) is 2.44. The Morgan fingerprint density at radius 1 is 0.905 bits per heavy atom. The van der Waals surface area contributed by atoms with Crippen molar-refractivity contribution in [3.63, 3.8) is 0 Å². The van der Waals surface area contributed by atoms with Crippen molar-refractivity contribution in [2.75, 3.05) is 10.6 Å². The normalized spacial score (nSPS) is 9.71. The van der Waals surface area contributed by atoms with Crippen LogP contribution in [0.2, 0.25) is 0 Å². The molecule has 0 saturated heterocycles. The second-order valence-electron chi connectivity index (χ2n) is 3.89. The van der Waals surface area contributed by atoms with Crippen molar-refractivity contribution < 1.29 is 14.4 Å². The Hall–Kier alpha value is -3.29. The molecule has 8 nitrogen and oxygen atoms in total. The van der Waals surface area contributed by atoms with Gasteiger partial charge in [-0.1, -0.05) is 12.1 Å². The number of aromatic nitrogens is 2. The lowest BCUT2D eigenvalue weighted by molar-refractivity contribution is -0.133. The molecule has 1 aromatic carbocycles. The van der Waals surface area contributed by atoms with Crippen LogP contribution in [0.3, 0.4) is 0 Å². The molecule has 2 aromatic rings. The van der Waals surface area contributed by atoms with Crippen LogP contribution in [0.25, 0.3) is 0 Å². The second-order valence-corrected chi connectivity index (χ2v) is 3.89. The van der Waals surface area contributed by atoms with E-state index in [9.17, 15) is 14.4 Å². The Morgan fingerprint density at radius 3 is 2.19 bits per heavy atom. The van der Waals surface area contributed by atoms with E-state index in [4.69, 9.17) is 5.73 Å². The van der Waals surface area contributed by atoms with Crippen LogP contribution in [0.5, 0.6) is 0 Å². The minimum atomic E-state index is -0.962. The van der Waals surface area contributed by atoms with Crippen molar-refractivity contribution >= 4 is 29.4 Å². The largest absolute Gasteiger partial charge is 0.366 e. The first-order chi connectivity index (χ1) is 10.1. The van der Waals surface area contributed by atoms with Gasteiger partial charge < -0.3 is 11.1 Å². The minimum absolute atomic E-state index is 0.000774. The molecule has 0 aliphatic heterocycles. The summed E-state index contributed by atoms with van der Waals surface area (Å²) in [5.74, 6) is -2.63.